The van der Waals surface area contributed by atoms with Crippen LogP contribution in [0, 0.1) is 5.92 Å². The van der Waals surface area contributed by atoms with E-state index in [4.69, 9.17) is 0 Å². The van der Waals surface area contributed by atoms with Crippen LogP contribution in [0.2, 0.25) is 0 Å². The van der Waals surface area contributed by atoms with Crippen molar-refractivity contribution < 1.29 is 13.5 Å². The second kappa shape index (κ2) is 6.90. The van der Waals surface area contributed by atoms with Crippen LogP contribution < -0.4 is 4.72 Å². The molecule has 0 heterocycles. The van der Waals surface area contributed by atoms with Crippen molar-refractivity contribution in [3.8, 4) is 0 Å². The number of sulfonamides is 1. The van der Waals surface area contributed by atoms with Gasteiger partial charge >= 0.3 is 0 Å². The highest BCUT2D eigenvalue weighted by atomic mass is 32.2. The zero-order chi connectivity index (χ0) is 15.5. The predicted octanol–water partition coefficient (Wildman–Crippen LogP) is 2.99. The van der Waals surface area contributed by atoms with E-state index >= 15 is 0 Å². The van der Waals surface area contributed by atoms with Crippen LogP contribution in [0.25, 0.3) is 0 Å². The molecule has 0 spiro atoms. The molecular formula is C16H25NO3S. The Hall–Kier alpha value is -0.910. The lowest BCUT2D eigenvalue weighted by atomic mass is 9.98. The molecule has 2 rings (SSSR count). The second-order valence-electron chi connectivity index (χ2n) is 6.09. The van der Waals surface area contributed by atoms with E-state index in [1.807, 2.05) is 0 Å². The van der Waals surface area contributed by atoms with Crippen LogP contribution in [0.3, 0.4) is 0 Å². The molecule has 3 atom stereocenters. The minimum Gasteiger partial charge on any atom is -0.389 e. The molecule has 21 heavy (non-hydrogen) atoms. The lowest BCUT2D eigenvalue weighted by Gasteiger charge is -2.22. The van der Waals surface area contributed by atoms with Crippen molar-refractivity contribution in [2.45, 2.75) is 63.0 Å². The number of rotatable bonds is 4. The van der Waals surface area contributed by atoms with Crippen molar-refractivity contribution in [2.24, 2.45) is 5.92 Å². The summed E-state index contributed by atoms with van der Waals surface area (Å²) >= 11 is 0. The Balaban J connectivity index is 2.13. The standard InChI is InChI=1S/C16H25NO3S/c1-12-6-4-3-5-7-16(12)17-21(19,20)15-10-8-14(9-11-15)13(2)18/h8-13,16-18H,3-7H2,1-2H3. The number of nitrogens with one attached hydrogen (secondary N) is 1. The van der Waals surface area contributed by atoms with Gasteiger partial charge in [-0.15, -0.1) is 0 Å². The summed E-state index contributed by atoms with van der Waals surface area (Å²) in [6.45, 7) is 3.78. The summed E-state index contributed by atoms with van der Waals surface area (Å²) in [7, 11) is -3.48. The first kappa shape index (κ1) is 16.5. The zero-order valence-corrected chi connectivity index (χ0v) is 13.6. The van der Waals surface area contributed by atoms with E-state index in [-0.39, 0.29) is 10.9 Å². The van der Waals surface area contributed by atoms with Crippen LogP contribution in [-0.2, 0) is 10.0 Å². The van der Waals surface area contributed by atoms with Crippen LogP contribution in [0.4, 0.5) is 0 Å². The molecule has 1 fully saturated rings. The van der Waals surface area contributed by atoms with Gasteiger partial charge < -0.3 is 5.11 Å². The highest BCUT2D eigenvalue weighted by Gasteiger charge is 2.25. The van der Waals surface area contributed by atoms with Crippen LogP contribution in [0.5, 0.6) is 0 Å². The first-order valence-corrected chi connectivity index (χ1v) is 9.19. The van der Waals surface area contributed by atoms with Crippen molar-refractivity contribution in [3.63, 3.8) is 0 Å². The van der Waals surface area contributed by atoms with Gasteiger partial charge in [0.1, 0.15) is 0 Å². The summed E-state index contributed by atoms with van der Waals surface area (Å²) in [5.74, 6) is 0.374. The molecule has 0 aromatic heterocycles. The van der Waals surface area contributed by atoms with Gasteiger partial charge in [-0.2, -0.15) is 0 Å². The Morgan fingerprint density at radius 1 is 1.14 bits per heavy atom. The Morgan fingerprint density at radius 2 is 1.76 bits per heavy atom. The SMILES string of the molecule is CC(O)c1ccc(S(=O)(=O)NC2CCCCCC2C)cc1. The van der Waals surface area contributed by atoms with Gasteiger partial charge in [0.05, 0.1) is 11.0 Å². The third-order valence-corrected chi connectivity index (χ3v) is 5.85. The Morgan fingerprint density at radius 3 is 2.38 bits per heavy atom. The number of hydrogen-bond acceptors (Lipinski definition) is 3. The summed E-state index contributed by atoms with van der Waals surface area (Å²) < 4.78 is 27.8. The molecule has 1 saturated carbocycles. The molecule has 0 radical (unpaired) electrons. The Bertz CT molecular complexity index is 551. The average Bonchev–Trinajstić information content (AvgIpc) is 2.64. The van der Waals surface area contributed by atoms with Crippen molar-refractivity contribution in [1.82, 2.24) is 4.72 Å². The maximum absolute atomic E-state index is 12.5. The van der Waals surface area contributed by atoms with Gasteiger partial charge in [0.25, 0.3) is 0 Å². The molecule has 1 aromatic carbocycles. The molecule has 0 bridgehead atoms. The lowest BCUT2D eigenvalue weighted by molar-refractivity contribution is 0.199. The molecule has 1 aliphatic rings. The fraction of sp³-hybridized carbons (Fsp3) is 0.625. The van der Waals surface area contributed by atoms with Gasteiger partial charge in [0.2, 0.25) is 10.0 Å². The highest BCUT2D eigenvalue weighted by Crippen LogP contribution is 2.25. The normalized spacial score (nSPS) is 25.3. The monoisotopic (exact) mass is 311 g/mol. The minimum atomic E-state index is -3.48. The number of benzene rings is 1. The van der Waals surface area contributed by atoms with E-state index in [1.165, 1.54) is 12.8 Å². The van der Waals surface area contributed by atoms with E-state index < -0.39 is 16.1 Å². The van der Waals surface area contributed by atoms with Gasteiger partial charge in [0, 0.05) is 6.04 Å². The van der Waals surface area contributed by atoms with Crippen molar-refractivity contribution >= 4 is 10.0 Å². The highest BCUT2D eigenvalue weighted by molar-refractivity contribution is 7.89. The first-order chi connectivity index (χ1) is 9.90. The van der Waals surface area contributed by atoms with E-state index in [0.29, 0.717) is 5.92 Å². The number of hydrogen-bond donors (Lipinski definition) is 2. The fourth-order valence-corrected chi connectivity index (χ4v) is 4.24. The van der Waals surface area contributed by atoms with Crippen molar-refractivity contribution in [1.29, 1.82) is 0 Å². The predicted molar refractivity (Wildman–Crippen MR) is 83.4 cm³/mol. The summed E-state index contributed by atoms with van der Waals surface area (Å²) in [6, 6.07) is 6.47. The van der Waals surface area contributed by atoms with Gasteiger partial charge in [-0.05, 0) is 43.4 Å². The summed E-state index contributed by atoms with van der Waals surface area (Å²) in [6.07, 6.45) is 4.85. The molecule has 5 heteroatoms. The maximum Gasteiger partial charge on any atom is 0.240 e. The lowest BCUT2D eigenvalue weighted by Crippen LogP contribution is -2.38. The third kappa shape index (κ3) is 4.28. The largest absolute Gasteiger partial charge is 0.389 e. The third-order valence-electron chi connectivity index (χ3n) is 4.34. The first-order valence-electron chi connectivity index (χ1n) is 7.70. The molecule has 2 N–H and O–H groups in total. The van der Waals surface area contributed by atoms with Gasteiger partial charge in [0.15, 0.2) is 0 Å². The van der Waals surface area contributed by atoms with Gasteiger partial charge in [-0.25, -0.2) is 13.1 Å². The van der Waals surface area contributed by atoms with Crippen molar-refractivity contribution in [3.05, 3.63) is 29.8 Å². The van der Waals surface area contributed by atoms with Gasteiger partial charge in [-0.1, -0.05) is 38.3 Å². The van der Waals surface area contributed by atoms with Crippen LogP contribution in [0.15, 0.2) is 29.2 Å². The molecule has 1 aliphatic carbocycles. The summed E-state index contributed by atoms with van der Waals surface area (Å²) in [4.78, 5) is 0.267. The molecule has 4 nitrogen and oxygen atoms in total. The number of aliphatic hydroxyl groups is 1. The van der Waals surface area contributed by atoms with Gasteiger partial charge in [-0.3, -0.25) is 0 Å². The molecule has 0 amide bonds. The molecule has 0 aliphatic heterocycles. The summed E-state index contributed by atoms with van der Waals surface area (Å²) in [5, 5.41) is 9.48. The van der Waals surface area contributed by atoms with Crippen LogP contribution in [-0.4, -0.2) is 19.6 Å². The van der Waals surface area contributed by atoms with Crippen LogP contribution >= 0.6 is 0 Å². The Kier molecular flexibility index (Phi) is 5.41. The average molecular weight is 311 g/mol. The fourth-order valence-electron chi connectivity index (χ4n) is 2.86. The zero-order valence-electron chi connectivity index (χ0n) is 12.7. The van der Waals surface area contributed by atoms with Crippen LogP contribution in [0.1, 0.15) is 57.6 Å². The van der Waals surface area contributed by atoms with E-state index in [2.05, 4.69) is 11.6 Å². The molecule has 1 aromatic rings. The topological polar surface area (TPSA) is 66.4 Å². The Labute approximate surface area is 127 Å². The minimum absolute atomic E-state index is 0.0222. The van der Waals surface area contributed by atoms with E-state index in [0.717, 1.165) is 24.8 Å². The molecule has 3 unspecified atom stereocenters. The maximum atomic E-state index is 12.5. The molecular weight excluding hydrogens is 286 g/mol. The van der Waals surface area contributed by atoms with E-state index in [9.17, 15) is 13.5 Å². The molecule has 118 valence electrons. The second-order valence-corrected chi connectivity index (χ2v) is 7.80. The number of aliphatic hydroxyl groups excluding tert-OH is 1. The van der Waals surface area contributed by atoms with Crippen molar-refractivity contribution in [2.75, 3.05) is 0 Å². The quantitative estimate of drug-likeness (QED) is 0.840. The molecule has 0 saturated heterocycles. The summed E-state index contributed by atoms with van der Waals surface area (Å²) in [5.41, 5.74) is 0.719. The smallest absolute Gasteiger partial charge is 0.240 e. The van der Waals surface area contributed by atoms with E-state index in [1.54, 1.807) is 31.2 Å².